The lowest BCUT2D eigenvalue weighted by Gasteiger charge is -1.96. The van der Waals surface area contributed by atoms with E-state index in [1.807, 2.05) is 0 Å². The Hall–Kier alpha value is -1.52. The molecule has 1 rings (SSSR count). The summed E-state index contributed by atoms with van der Waals surface area (Å²) in [6, 6.07) is 0.864. The van der Waals surface area contributed by atoms with E-state index >= 15 is 0 Å². The second kappa shape index (κ2) is 2.61. The van der Waals surface area contributed by atoms with E-state index in [-0.39, 0.29) is 0 Å². The Morgan fingerprint density at radius 1 is 1.55 bits per heavy atom. The zero-order chi connectivity index (χ0) is 8.43. The molecule has 5 heteroatoms. The van der Waals surface area contributed by atoms with Crippen molar-refractivity contribution in [2.75, 3.05) is 0 Å². The molecule has 0 saturated carbocycles. The van der Waals surface area contributed by atoms with Crippen LogP contribution in [-0.2, 0) is 0 Å². The van der Waals surface area contributed by atoms with Crippen LogP contribution in [0.1, 0.15) is 10.4 Å². The second-order valence-corrected chi connectivity index (χ2v) is 1.82. The van der Waals surface area contributed by atoms with E-state index in [2.05, 4.69) is 10.7 Å². The van der Waals surface area contributed by atoms with Crippen LogP contribution in [0.2, 0.25) is 0 Å². The maximum Gasteiger partial charge on any atom is 0.256 e. The van der Waals surface area contributed by atoms with Crippen LogP contribution < -0.4 is 5.73 Å². The van der Waals surface area contributed by atoms with Gasteiger partial charge >= 0.3 is 0 Å². The largest absolute Gasteiger partial charge is 0.365 e. The summed E-state index contributed by atoms with van der Waals surface area (Å²) < 4.78 is 25.0. The lowest BCUT2D eigenvalue weighted by atomic mass is 10.2. The lowest BCUT2D eigenvalue weighted by Crippen LogP contribution is -2.16. The molecule has 0 fully saturated rings. The van der Waals surface area contributed by atoms with Crippen LogP contribution in [0.4, 0.5) is 8.78 Å². The first-order chi connectivity index (χ1) is 5.13. The number of aromatic nitrogens is 1. The number of nitrogens with zero attached hydrogens (tertiary/aromatic N) is 1. The Balaban J connectivity index is 3.32. The van der Waals surface area contributed by atoms with Gasteiger partial charge in [-0.15, -0.1) is 0 Å². The van der Waals surface area contributed by atoms with E-state index in [0.29, 0.717) is 0 Å². The summed E-state index contributed by atoms with van der Waals surface area (Å²) in [6.45, 7) is 0. The molecule has 0 aliphatic carbocycles. The number of hydrogen-bond donors (Lipinski definition) is 1. The van der Waals surface area contributed by atoms with E-state index < -0.39 is 23.2 Å². The monoisotopic (exact) mass is 158 g/mol. The molecule has 1 aromatic rings. The number of rotatable bonds is 1. The molecule has 11 heavy (non-hydrogen) atoms. The van der Waals surface area contributed by atoms with Crippen LogP contribution in [0, 0.1) is 11.8 Å². The van der Waals surface area contributed by atoms with Gasteiger partial charge in [-0.1, -0.05) is 0 Å². The first kappa shape index (κ1) is 7.59. The predicted octanol–water partition coefficient (Wildman–Crippen LogP) is 0.459. The molecule has 0 radical (unpaired) electrons. The summed E-state index contributed by atoms with van der Waals surface area (Å²) >= 11 is 0. The van der Waals surface area contributed by atoms with Gasteiger partial charge in [0, 0.05) is 6.20 Å². The molecule has 0 saturated heterocycles. The minimum Gasteiger partial charge on any atom is -0.365 e. The van der Waals surface area contributed by atoms with Crippen molar-refractivity contribution in [3.05, 3.63) is 29.6 Å². The fourth-order valence-corrected chi connectivity index (χ4v) is 0.634. The average molecular weight is 158 g/mol. The van der Waals surface area contributed by atoms with Gasteiger partial charge in [0.1, 0.15) is 11.4 Å². The maximum absolute atomic E-state index is 12.5. The normalized spacial score (nSPS) is 9.64. The van der Waals surface area contributed by atoms with Gasteiger partial charge in [0.25, 0.3) is 5.91 Å². The minimum absolute atomic E-state index is 0.799. The lowest BCUT2D eigenvalue weighted by molar-refractivity contribution is 0.0991. The molecule has 3 nitrogen and oxygen atoms in total. The number of carbonyl (C=O) groups is 1. The minimum atomic E-state index is -1.18. The van der Waals surface area contributed by atoms with E-state index in [9.17, 15) is 13.6 Å². The van der Waals surface area contributed by atoms with Gasteiger partial charge in [-0.3, -0.25) is 4.79 Å². The van der Waals surface area contributed by atoms with Crippen LogP contribution >= 0.6 is 0 Å². The smallest absolute Gasteiger partial charge is 0.256 e. The summed E-state index contributed by atoms with van der Waals surface area (Å²) in [4.78, 5) is 13.4. The van der Waals surface area contributed by atoms with Crippen LogP contribution in [-0.4, -0.2) is 10.9 Å². The van der Waals surface area contributed by atoms with E-state index in [1.54, 1.807) is 0 Å². The fraction of sp³-hybridized carbons (Fsp3) is 0. The Kier molecular flexibility index (Phi) is 1.80. The Labute approximate surface area is 60.8 Å². The van der Waals surface area contributed by atoms with Crippen molar-refractivity contribution in [1.29, 1.82) is 0 Å². The molecule has 0 bridgehead atoms. The highest BCUT2D eigenvalue weighted by Gasteiger charge is 2.14. The number of nitrogens with two attached hydrogens (primary N) is 1. The summed E-state index contributed by atoms with van der Waals surface area (Å²) in [7, 11) is 0. The quantitative estimate of drug-likeness (QED) is 0.603. The molecule has 0 unspecified atom stereocenters. The van der Waals surface area contributed by atoms with Crippen LogP contribution in [0.3, 0.4) is 0 Å². The summed E-state index contributed by atoms with van der Waals surface area (Å²) in [5.74, 6) is -3.34. The molecule has 0 aliphatic rings. The summed E-state index contributed by atoms with van der Waals surface area (Å²) in [5, 5.41) is 0. The highest BCUT2D eigenvalue weighted by atomic mass is 19.1. The zero-order valence-corrected chi connectivity index (χ0v) is 5.34. The van der Waals surface area contributed by atoms with Crippen LogP contribution in [0.5, 0.6) is 0 Å². The van der Waals surface area contributed by atoms with Gasteiger partial charge in [-0.25, -0.2) is 9.37 Å². The number of primary amides is 1. The third-order valence-corrected chi connectivity index (χ3v) is 1.10. The molecule has 0 aromatic carbocycles. The van der Waals surface area contributed by atoms with Gasteiger partial charge in [-0.2, -0.15) is 4.39 Å². The van der Waals surface area contributed by atoms with Crippen molar-refractivity contribution in [1.82, 2.24) is 4.98 Å². The highest BCUT2D eigenvalue weighted by Crippen LogP contribution is 2.07. The van der Waals surface area contributed by atoms with Crippen molar-refractivity contribution in [3.63, 3.8) is 0 Å². The van der Waals surface area contributed by atoms with Crippen molar-refractivity contribution >= 4 is 5.91 Å². The first-order valence-electron chi connectivity index (χ1n) is 2.72. The SMILES string of the molecule is NC(=O)c1c(F)ccnc1F. The molecule has 58 valence electrons. The van der Waals surface area contributed by atoms with Crippen LogP contribution in [0.15, 0.2) is 12.3 Å². The second-order valence-electron chi connectivity index (χ2n) is 1.82. The molecule has 1 amide bonds. The molecule has 1 heterocycles. The van der Waals surface area contributed by atoms with E-state index in [1.165, 1.54) is 0 Å². The number of pyridine rings is 1. The van der Waals surface area contributed by atoms with Gasteiger partial charge in [0.2, 0.25) is 5.95 Å². The number of halogens is 2. The molecule has 2 N–H and O–H groups in total. The Morgan fingerprint density at radius 3 is 2.55 bits per heavy atom. The van der Waals surface area contributed by atoms with Gasteiger partial charge in [0.05, 0.1) is 0 Å². The summed E-state index contributed by atoms with van der Waals surface area (Å²) in [6.07, 6.45) is 0.914. The van der Waals surface area contributed by atoms with E-state index in [4.69, 9.17) is 0 Å². The van der Waals surface area contributed by atoms with Gasteiger partial charge < -0.3 is 5.73 Å². The highest BCUT2D eigenvalue weighted by molar-refractivity contribution is 5.92. The standard InChI is InChI=1S/C6H4F2N2O/c7-3-1-2-10-5(8)4(3)6(9)11/h1-2H,(H2,9,11). The number of hydrogen-bond acceptors (Lipinski definition) is 2. The molecular weight excluding hydrogens is 154 g/mol. The third-order valence-electron chi connectivity index (χ3n) is 1.10. The average Bonchev–Trinajstić information content (AvgIpc) is 1.85. The molecule has 0 spiro atoms. The zero-order valence-electron chi connectivity index (χ0n) is 5.34. The topological polar surface area (TPSA) is 56.0 Å². The Morgan fingerprint density at radius 2 is 2.18 bits per heavy atom. The van der Waals surface area contributed by atoms with E-state index in [0.717, 1.165) is 12.3 Å². The molecule has 0 atom stereocenters. The fourth-order valence-electron chi connectivity index (χ4n) is 0.634. The molecule has 1 aromatic heterocycles. The summed E-state index contributed by atoms with van der Waals surface area (Å²) in [5.41, 5.74) is 3.86. The predicted molar refractivity (Wildman–Crippen MR) is 32.7 cm³/mol. The number of carbonyl (C=O) groups excluding carboxylic acids is 1. The number of amides is 1. The Bertz CT molecular complexity index is 280. The maximum atomic E-state index is 12.5. The van der Waals surface area contributed by atoms with Gasteiger partial charge in [0.15, 0.2) is 0 Å². The third kappa shape index (κ3) is 1.31. The molecular formula is C6H4F2N2O. The first-order valence-corrected chi connectivity index (χ1v) is 2.72. The van der Waals surface area contributed by atoms with Crippen LogP contribution in [0.25, 0.3) is 0 Å². The van der Waals surface area contributed by atoms with Crippen molar-refractivity contribution in [2.24, 2.45) is 5.73 Å². The van der Waals surface area contributed by atoms with Gasteiger partial charge in [-0.05, 0) is 6.07 Å². The van der Waals surface area contributed by atoms with Crippen molar-refractivity contribution < 1.29 is 13.6 Å². The molecule has 0 aliphatic heterocycles. The van der Waals surface area contributed by atoms with Crippen molar-refractivity contribution in [3.8, 4) is 0 Å². The van der Waals surface area contributed by atoms with Crippen molar-refractivity contribution in [2.45, 2.75) is 0 Å².